The van der Waals surface area contributed by atoms with Crippen molar-refractivity contribution in [1.82, 2.24) is 0 Å². The van der Waals surface area contributed by atoms with Gasteiger partial charge < -0.3 is 4.43 Å². The van der Waals surface area contributed by atoms with E-state index in [0.717, 1.165) is 24.9 Å². The van der Waals surface area contributed by atoms with Gasteiger partial charge in [0.25, 0.3) is 10.1 Å². The fourth-order valence-electron chi connectivity index (χ4n) is 2.93. The van der Waals surface area contributed by atoms with Crippen LogP contribution in [0.15, 0.2) is 42.2 Å². The Kier molecular flexibility index (Phi) is 6.41. The van der Waals surface area contributed by atoms with E-state index in [-0.39, 0.29) is 23.5 Å². The van der Waals surface area contributed by atoms with E-state index in [4.69, 9.17) is 8.61 Å². The van der Waals surface area contributed by atoms with Gasteiger partial charge in [0.15, 0.2) is 0 Å². The standard InChI is InChI=1S/C20H32O4SSi/c1-20(2,3)26(5,6)24-18-13-12-17(15-23-25(4,21)22)19(14-18)16-10-8-7-9-11-16/h7-11,14,17,19H,12-13,15H2,1-6H3. The van der Waals surface area contributed by atoms with Crippen LogP contribution in [0.3, 0.4) is 0 Å². The van der Waals surface area contributed by atoms with Crippen LogP contribution in [0.1, 0.15) is 45.1 Å². The van der Waals surface area contributed by atoms with Crippen molar-refractivity contribution in [2.24, 2.45) is 5.92 Å². The molecule has 146 valence electrons. The second-order valence-electron chi connectivity index (χ2n) is 8.72. The monoisotopic (exact) mass is 396 g/mol. The highest BCUT2D eigenvalue weighted by Gasteiger charge is 2.40. The summed E-state index contributed by atoms with van der Waals surface area (Å²) in [5.41, 5.74) is 1.17. The maximum absolute atomic E-state index is 11.4. The first kappa shape index (κ1) is 21.2. The first-order valence-corrected chi connectivity index (χ1v) is 13.9. The molecule has 4 nitrogen and oxygen atoms in total. The van der Waals surface area contributed by atoms with E-state index in [1.165, 1.54) is 5.56 Å². The molecule has 0 heterocycles. The van der Waals surface area contributed by atoms with Gasteiger partial charge in [0, 0.05) is 12.3 Å². The number of rotatable bonds is 6. The van der Waals surface area contributed by atoms with Gasteiger partial charge >= 0.3 is 0 Å². The van der Waals surface area contributed by atoms with Crippen LogP contribution in [0.2, 0.25) is 18.1 Å². The second-order valence-corrected chi connectivity index (χ2v) is 15.1. The Hall–Kier alpha value is -1.11. The molecule has 1 aliphatic carbocycles. The van der Waals surface area contributed by atoms with Crippen LogP contribution >= 0.6 is 0 Å². The summed E-state index contributed by atoms with van der Waals surface area (Å²) in [6.07, 6.45) is 4.98. The van der Waals surface area contributed by atoms with Crippen molar-refractivity contribution in [2.75, 3.05) is 12.9 Å². The number of allylic oxidation sites excluding steroid dienone is 2. The Bertz CT molecular complexity index is 733. The average molecular weight is 397 g/mol. The average Bonchev–Trinajstić information content (AvgIpc) is 2.52. The maximum Gasteiger partial charge on any atom is 0.264 e. The van der Waals surface area contributed by atoms with E-state index in [9.17, 15) is 8.42 Å². The summed E-state index contributed by atoms with van der Waals surface area (Å²) in [7, 11) is -5.32. The third-order valence-corrected chi connectivity index (χ3v) is 10.5. The largest absolute Gasteiger partial charge is 0.547 e. The lowest BCUT2D eigenvalue weighted by Gasteiger charge is -2.39. The minimum absolute atomic E-state index is 0.103. The van der Waals surface area contributed by atoms with Crippen LogP contribution in [-0.4, -0.2) is 29.6 Å². The Morgan fingerprint density at radius 3 is 2.31 bits per heavy atom. The highest BCUT2D eigenvalue weighted by atomic mass is 32.2. The van der Waals surface area contributed by atoms with E-state index >= 15 is 0 Å². The molecule has 0 N–H and O–H groups in total. The van der Waals surface area contributed by atoms with Crippen molar-refractivity contribution < 1.29 is 17.0 Å². The van der Waals surface area contributed by atoms with E-state index in [1.54, 1.807) is 0 Å². The number of hydrogen-bond donors (Lipinski definition) is 0. The van der Waals surface area contributed by atoms with Crippen LogP contribution in [0.4, 0.5) is 0 Å². The number of hydrogen-bond acceptors (Lipinski definition) is 4. The zero-order chi connectivity index (χ0) is 19.6. The maximum atomic E-state index is 11.4. The fourth-order valence-corrected chi connectivity index (χ4v) is 4.49. The molecule has 1 aliphatic rings. The summed E-state index contributed by atoms with van der Waals surface area (Å²) >= 11 is 0. The molecule has 0 saturated carbocycles. The first-order valence-electron chi connectivity index (χ1n) is 9.18. The van der Waals surface area contributed by atoms with Crippen molar-refractivity contribution in [3.63, 3.8) is 0 Å². The lowest BCUT2D eigenvalue weighted by molar-refractivity contribution is 0.216. The van der Waals surface area contributed by atoms with Crippen LogP contribution in [0.5, 0.6) is 0 Å². The predicted molar refractivity (Wildman–Crippen MR) is 109 cm³/mol. The lowest BCUT2D eigenvalue weighted by atomic mass is 9.79. The molecule has 2 rings (SSSR count). The summed E-state index contributed by atoms with van der Waals surface area (Å²) in [4.78, 5) is 0. The third-order valence-electron chi connectivity index (χ3n) is 5.51. The van der Waals surface area contributed by atoms with Crippen molar-refractivity contribution in [3.05, 3.63) is 47.7 Å². The zero-order valence-corrected chi connectivity index (χ0v) is 18.6. The molecule has 0 amide bonds. The van der Waals surface area contributed by atoms with Gasteiger partial charge in [0.05, 0.1) is 18.6 Å². The molecule has 0 aliphatic heterocycles. The molecule has 2 atom stereocenters. The highest BCUT2D eigenvalue weighted by molar-refractivity contribution is 7.85. The van der Waals surface area contributed by atoms with Gasteiger partial charge in [0.2, 0.25) is 8.32 Å². The zero-order valence-electron chi connectivity index (χ0n) is 16.8. The minimum Gasteiger partial charge on any atom is -0.547 e. The Morgan fingerprint density at radius 2 is 1.77 bits per heavy atom. The van der Waals surface area contributed by atoms with Crippen LogP contribution in [-0.2, 0) is 18.7 Å². The summed E-state index contributed by atoms with van der Waals surface area (Å²) in [6, 6.07) is 10.2. The molecular weight excluding hydrogens is 364 g/mol. The van der Waals surface area contributed by atoms with Gasteiger partial charge in [-0.15, -0.1) is 0 Å². The molecule has 0 bridgehead atoms. The molecule has 26 heavy (non-hydrogen) atoms. The molecule has 6 heteroatoms. The summed E-state index contributed by atoms with van der Waals surface area (Å²) < 4.78 is 34.5. The molecule has 0 spiro atoms. The molecule has 0 radical (unpaired) electrons. The molecule has 1 aromatic carbocycles. The van der Waals surface area contributed by atoms with Crippen LogP contribution in [0.25, 0.3) is 0 Å². The van der Waals surface area contributed by atoms with Crippen molar-refractivity contribution in [1.29, 1.82) is 0 Å². The fraction of sp³-hybridized carbons (Fsp3) is 0.600. The molecule has 1 aromatic rings. The van der Waals surface area contributed by atoms with Gasteiger partial charge in [0.1, 0.15) is 0 Å². The van der Waals surface area contributed by atoms with Gasteiger partial charge in [-0.05, 0) is 42.1 Å². The Morgan fingerprint density at radius 1 is 1.15 bits per heavy atom. The van der Waals surface area contributed by atoms with Gasteiger partial charge in [-0.2, -0.15) is 8.42 Å². The topological polar surface area (TPSA) is 52.6 Å². The lowest BCUT2D eigenvalue weighted by Crippen LogP contribution is -2.41. The van der Waals surface area contributed by atoms with E-state index in [2.05, 4.69) is 52.1 Å². The van der Waals surface area contributed by atoms with Crippen molar-refractivity contribution in [3.8, 4) is 0 Å². The molecular formula is C20H32O4SSi. The summed E-state index contributed by atoms with van der Waals surface area (Å²) in [6.45, 7) is 11.4. The van der Waals surface area contributed by atoms with Crippen LogP contribution in [0, 0.1) is 5.92 Å². The van der Waals surface area contributed by atoms with Gasteiger partial charge in [-0.3, -0.25) is 4.18 Å². The highest BCUT2D eigenvalue weighted by Crippen LogP contribution is 2.42. The van der Waals surface area contributed by atoms with Gasteiger partial charge in [-0.25, -0.2) is 0 Å². The second kappa shape index (κ2) is 7.86. The molecule has 0 aromatic heterocycles. The van der Waals surface area contributed by atoms with E-state index in [0.29, 0.717) is 0 Å². The summed E-state index contributed by atoms with van der Waals surface area (Å²) in [5, 5.41) is 0.145. The van der Waals surface area contributed by atoms with Crippen LogP contribution < -0.4 is 0 Å². The van der Waals surface area contributed by atoms with Gasteiger partial charge in [-0.1, -0.05) is 51.1 Å². The summed E-state index contributed by atoms with van der Waals surface area (Å²) in [5.74, 6) is 1.27. The van der Waals surface area contributed by atoms with E-state index < -0.39 is 18.4 Å². The number of benzene rings is 1. The SMILES string of the molecule is CC(C)(C)[Si](C)(C)OC1=CC(c2ccccc2)C(COS(C)(=O)=O)CC1. The van der Waals surface area contributed by atoms with Crippen molar-refractivity contribution in [2.45, 2.75) is 57.7 Å². The quantitative estimate of drug-likeness (QED) is 0.498. The molecule has 0 fully saturated rings. The predicted octanol–water partition coefficient (Wildman–Crippen LogP) is 5.06. The first-order chi connectivity index (χ1) is 11.9. The Balaban J connectivity index is 2.27. The Labute approximate surface area is 159 Å². The van der Waals surface area contributed by atoms with E-state index in [1.807, 2.05) is 18.2 Å². The third kappa shape index (κ3) is 5.69. The van der Waals surface area contributed by atoms with Crippen molar-refractivity contribution >= 4 is 18.4 Å². The minimum atomic E-state index is -3.44. The normalized spacial score (nSPS) is 22.0. The molecule has 2 unspecified atom stereocenters. The molecule has 0 saturated heterocycles. The smallest absolute Gasteiger partial charge is 0.264 e.